The van der Waals surface area contributed by atoms with Crippen molar-refractivity contribution in [3.8, 4) is 0 Å². The minimum absolute atomic E-state index is 0.0716. The summed E-state index contributed by atoms with van der Waals surface area (Å²) in [5, 5.41) is 2.61. The van der Waals surface area contributed by atoms with Crippen LogP contribution in [0.4, 0.5) is 0 Å². The first-order chi connectivity index (χ1) is 9.58. The van der Waals surface area contributed by atoms with Crippen LogP contribution in [0.5, 0.6) is 0 Å². The van der Waals surface area contributed by atoms with Gasteiger partial charge in [0, 0.05) is 11.1 Å². The van der Waals surface area contributed by atoms with Gasteiger partial charge < -0.3 is 14.8 Å². The van der Waals surface area contributed by atoms with E-state index in [9.17, 15) is 9.59 Å². The molecule has 0 saturated heterocycles. The van der Waals surface area contributed by atoms with Crippen molar-refractivity contribution >= 4 is 27.8 Å². The van der Waals surface area contributed by atoms with E-state index in [1.807, 2.05) is 6.92 Å². The van der Waals surface area contributed by atoms with Crippen LogP contribution in [-0.4, -0.2) is 32.2 Å². The summed E-state index contributed by atoms with van der Waals surface area (Å²) < 4.78 is 10.8. The summed E-state index contributed by atoms with van der Waals surface area (Å²) in [5.41, 5.74) is 0.656. The minimum atomic E-state index is -0.828. The second-order valence-electron chi connectivity index (χ2n) is 4.13. The number of nitrogens with one attached hydrogen (secondary N) is 1. The largest absolute Gasteiger partial charge is 0.467 e. The molecule has 0 aromatic heterocycles. The number of hydrogen-bond donors (Lipinski definition) is 1. The molecule has 0 aliphatic carbocycles. The molecule has 0 heterocycles. The average molecular weight is 344 g/mol. The zero-order valence-electron chi connectivity index (χ0n) is 11.5. The lowest BCUT2D eigenvalue weighted by Gasteiger charge is -2.17. The molecule has 6 heteroatoms. The van der Waals surface area contributed by atoms with Crippen LogP contribution in [-0.2, 0) is 19.1 Å². The van der Waals surface area contributed by atoms with Crippen molar-refractivity contribution < 1.29 is 19.1 Å². The number of rotatable bonds is 7. The molecule has 0 aliphatic rings. The van der Waals surface area contributed by atoms with E-state index in [-0.39, 0.29) is 12.5 Å². The van der Waals surface area contributed by atoms with Gasteiger partial charge in [-0.2, -0.15) is 0 Å². The lowest BCUT2D eigenvalue weighted by Crippen LogP contribution is -2.36. The molecule has 0 fully saturated rings. The SMILES string of the molecule is CCCOCC(=O)N[C@@H](C(=O)OC)c1ccc(Br)cc1. The van der Waals surface area contributed by atoms with Gasteiger partial charge in [-0.3, -0.25) is 4.79 Å². The first-order valence-electron chi connectivity index (χ1n) is 6.29. The van der Waals surface area contributed by atoms with Crippen molar-refractivity contribution in [2.45, 2.75) is 19.4 Å². The van der Waals surface area contributed by atoms with Crippen LogP contribution in [0.1, 0.15) is 24.9 Å². The van der Waals surface area contributed by atoms with Gasteiger partial charge in [-0.1, -0.05) is 35.0 Å². The molecule has 1 N–H and O–H groups in total. The molecule has 1 atom stereocenters. The second kappa shape index (κ2) is 8.71. The van der Waals surface area contributed by atoms with Gasteiger partial charge in [0.15, 0.2) is 6.04 Å². The van der Waals surface area contributed by atoms with E-state index in [1.54, 1.807) is 24.3 Å². The number of methoxy groups -OCH3 is 1. The Labute approximate surface area is 126 Å². The fourth-order valence-corrected chi connectivity index (χ4v) is 1.83. The fraction of sp³-hybridized carbons (Fsp3) is 0.429. The maximum Gasteiger partial charge on any atom is 0.333 e. The molecule has 1 aromatic carbocycles. The molecular formula is C14H18BrNO4. The zero-order chi connectivity index (χ0) is 15.0. The van der Waals surface area contributed by atoms with Gasteiger partial charge in [-0.25, -0.2) is 4.79 Å². The van der Waals surface area contributed by atoms with Crippen molar-refractivity contribution in [1.82, 2.24) is 5.32 Å². The molecule has 110 valence electrons. The Kier molecular flexibility index (Phi) is 7.25. The van der Waals surface area contributed by atoms with E-state index >= 15 is 0 Å². The molecule has 0 unspecified atom stereocenters. The normalized spacial score (nSPS) is 11.8. The van der Waals surface area contributed by atoms with E-state index in [0.717, 1.165) is 10.9 Å². The predicted molar refractivity (Wildman–Crippen MR) is 78.2 cm³/mol. The first-order valence-corrected chi connectivity index (χ1v) is 7.08. The molecule has 0 aliphatic heterocycles. The highest BCUT2D eigenvalue weighted by Gasteiger charge is 2.23. The monoisotopic (exact) mass is 343 g/mol. The van der Waals surface area contributed by atoms with Crippen LogP contribution in [0, 0.1) is 0 Å². The summed E-state index contributed by atoms with van der Waals surface area (Å²) in [4.78, 5) is 23.5. The number of carbonyl (C=O) groups excluding carboxylic acids is 2. The highest BCUT2D eigenvalue weighted by Crippen LogP contribution is 2.18. The molecule has 20 heavy (non-hydrogen) atoms. The van der Waals surface area contributed by atoms with Crippen LogP contribution < -0.4 is 5.32 Å². The lowest BCUT2D eigenvalue weighted by atomic mass is 10.1. The maximum absolute atomic E-state index is 11.8. The minimum Gasteiger partial charge on any atom is -0.467 e. The van der Waals surface area contributed by atoms with Gasteiger partial charge in [0.1, 0.15) is 6.61 Å². The van der Waals surface area contributed by atoms with Crippen molar-refractivity contribution in [1.29, 1.82) is 0 Å². The third-order valence-electron chi connectivity index (χ3n) is 2.53. The van der Waals surface area contributed by atoms with Gasteiger partial charge in [-0.05, 0) is 24.1 Å². The van der Waals surface area contributed by atoms with Crippen LogP contribution in [0.15, 0.2) is 28.7 Å². The highest BCUT2D eigenvalue weighted by molar-refractivity contribution is 9.10. The molecule has 0 saturated carbocycles. The molecular weight excluding hydrogens is 326 g/mol. The Morgan fingerprint density at radius 1 is 1.30 bits per heavy atom. The van der Waals surface area contributed by atoms with Crippen molar-refractivity contribution in [2.75, 3.05) is 20.3 Å². The van der Waals surface area contributed by atoms with Crippen LogP contribution in [0.2, 0.25) is 0 Å². The predicted octanol–water partition coefficient (Wildman–Crippen LogP) is 2.21. The molecule has 0 radical (unpaired) electrons. The molecule has 1 aromatic rings. The summed E-state index contributed by atoms with van der Waals surface area (Å²) >= 11 is 3.32. The Balaban J connectivity index is 2.72. The summed E-state index contributed by atoms with van der Waals surface area (Å²) in [6, 6.07) is 6.26. The first kappa shape index (κ1) is 16.7. The Morgan fingerprint density at radius 3 is 2.50 bits per heavy atom. The quantitative estimate of drug-likeness (QED) is 0.608. The van der Waals surface area contributed by atoms with Gasteiger partial charge in [0.2, 0.25) is 5.91 Å². The van der Waals surface area contributed by atoms with E-state index in [2.05, 4.69) is 21.2 Å². The van der Waals surface area contributed by atoms with Gasteiger partial charge >= 0.3 is 5.97 Å². The summed E-state index contributed by atoms with van der Waals surface area (Å²) in [6.45, 7) is 2.39. The van der Waals surface area contributed by atoms with Crippen LogP contribution in [0.25, 0.3) is 0 Å². The fourth-order valence-electron chi connectivity index (χ4n) is 1.56. The van der Waals surface area contributed by atoms with Gasteiger partial charge in [0.25, 0.3) is 0 Å². The number of esters is 1. The Bertz CT molecular complexity index is 447. The number of carbonyl (C=O) groups is 2. The lowest BCUT2D eigenvalue weighted by molar-refractivity contribution is -0.145. The molecule has 1 rings (SSSR count). The van der Waals surface area contributed by atoms with Crippen molar-refractivity contribution in [3.05, 3.63) is 34.3 Å². The third kappa shape index (κ3) is 5.30. The van der Waals surface area contributed by atoms with E-state index in [0.29, 0.717) is 12.2 Å². The van der Waals surface area contributed by atoms with Crippen molar-refractivity contribution in [3.63, 3.8) is 0 Å². The van der Waals surface area contributed by atoms with E-state index < -0.39 is 12.0 Å². The zero-order valence-corrected chi connectivity index (χ0v) is 13.1. The maximum atomic E-state index is 11.8. The topological polar surface area (TPSA) is 64.6 Å². The molecule has 0 bridgehead atoms. The highest BCUT2D eigenvalue weighted by atomic mass is 79.9. The van der Waals surface area contributed by atoms with E-state index in [4.69, 9.17) is 9.47 Å². The Morgan fingerprint density at radius 2 is 1.95 bits per heavy atom. The van der Waals surface area contributed by atoms with E-state index in [1.165, 1.54) is 7.11 Å². The van der Waals surface area contributed by atoms with Gasteiger partial charge in [-0.15, -0.1) is 0 Å². The molecule has 5 nitrogen and oxygen atoms in total. The van der Waals surface area contributed by atoms with Gasteiger partial charge in [0.05, 0.1) is 7.11 Å². The smallest absolute Gasteiger partial charge is 0.333 e. The standard InChI is InChI=1S/C14H18BrNO4/c1-3-8-20-9-12(17)16-13(14(18)19-2)10-4-6-11(15)7-5-10/h4-7,13H,3,8-9H2,1-2H3,(H,16,17)/t13-/m1/s1. The summed E-state index contributed by atoms with van der Waals surface area (Å²) in [7, 11) is 1.29. The second-order valence-corrected chi connectivity index (χ2v) is 5.04. The summed E-state index contributed by atoms with van der Waals surface area (Å²) in [6.07, 6.45) is 0.834. The summed E-state index contributed by atoms with van der Waals surface area (Å²) in [5.74, 6) is -0.868. The average Bonchev–Trinajstić information content (AvgIpc) is 2.45. The van der Waals surface area contributed by atoms with Crippen molar-refractivity contribution in [2.24, 2.45) is 0 Å². The molecule has 1 amide bonds. The Hall–Kier alpha value is -1.40. The third-order valence-corrected chi connectivity index (χ3v) is 3.06. The number of amides is 1. The number of hydrogen-bond acceptors (Lipinski definition) is 4. The number of halogens is 1. The molecule has 0 spiro atoms. The van der Waals surface area contributed by atoms with Crippen LogP contribution >= 0.6 is 15.9 Å². The van der Waals surface area contributed by atoms with Crippen LogP contribution in [0.3, 0.4) is 0 Å². The number of benzene rings is 1. The number of ether oxygens (including phenoxy) is 2.